The quantitative estimate of drug-likeness (QED) is 0.766. The third kappa shape index (κ3) is 4.99. The zero-order valence-electron chi connectivity index (χ0n) is 11.5. The molecule has 1 aromatic rings. The van der Waals surface area contributed by atoms with Gasteiger partial charge in [-0.25, -0.2) is 0 Å². The second-order valence-corrected chi connectivity index (χ2v) is 6.71. The molecule has 0 amide bonds. The second-order valence-electron chi connectivity index (χ2n) is 4.96. The summed E-state index contributed by atoms with van der Waals surface area (Å²) in [6.07, 6.45) is 5.41. The fourth-order valence-electron chi connectivity index (χ4n) is 2.34. The molecule has 0 spiro atoms. The van der Waals surface area contributed by atoms with Gasteiger partial charge in [-0.3, -0.25) is 0 Å². The molecule has 4 heteroatoms. The molecule has 0 atom stereocenters. The summed E-state index contributed by atoms with van der Waals surface area (Å²) in [4.78, 5) is 1.23. The van der Waals surface area contributed by atoms with Crippen LogP contribution in [0.5, 0.6) is 0 Å². The lowest BCUT2D eigenvalue weighted by Crippen LogP contribution is -2.18. The number of thioether (sulfide) groups is 1. The predicted octanol–water partition coefficient (Wildman–Crippen LogP) is 4.11. The highest BCUT2D eigenvalue weighted by Crippen LogP contribution is 2.38. The molecule has 0 aromatic heterocycles. The van der Waals surface area contributed by atoms with Crippen molar-refractivity contribution < 1.29 is 4.74 Å². The molecular weight excluding hydrogens is 278 g/mol. The van der Waals surface area contributed by atoms with Crippen LogP contribution < -0.4 is 5.32 Å². The van der Waals surface area contributed by atoms with Crippen molar-refractivity contribution in [3.05, 3.63) is 28.8 Å². The fraction of sp³-hybridized carbons (Fsp3) is 0.600. The summed E-state index contributed by atoms with van der Waals surface area (Å²) in [5.41, 5.74) is 1.23. The summed E-state index contributed by atoms with van der Waals surface area (Å²) >= 11 is 8.32. The van der Waals surface area contributed by atoms with E-state index in [1.807, 2.05) is 11.8 Å². The average Bonchev–Trinajstić information content (AvgIpc) is 2.91. The van der Waals surface area contributed by atoms with Gasteiger partial charge in [0.15, 0.2) is 0 Å². The van der Waals surface area contributed by atoms with Crippen molar-refractivity contribution in [1.29, 1.82) is 0 Å². The van der Waals surface area contributed by atoms with Crippen molar-refractivity contribution >= 4 is 23.4 Å². The van der Waals surface area contributed by atoms with E-state index >= 15 is 0 Å². The number of hydrogen-bond donors (Lipinski definition) is 1. The third-order valence-electron chi connectivity index (χ3n) is 3.40. The Bertz CT molecular complexity index is 394. The number of rotatable bonds is 7. The highest BCUT2D eigenvalue weighted by molar-refractivity contribution is 8.00. The Labute approximate surface area is 125 Å². The molecule has 0 aliphatic heterocycles. The largest absolute Gasteiger partial charge is 0.383 e. The van der Waals surface area contributed by atoms with Crippen LogP contribution in [0.3, 0.4) is 0 Å². The van der Waals surface area contributed by atoms with Gasteiger partial charge in [0.1, 0.15) is 0 Å². The van der Waals surface area contributed by atoms with E-state index in [1.165, 1.54) is 36.1 Å². The first-order chi connectivity index (χ1) is 9.29. The van der Waals surface area contributed by atoms with E-state index in [1.54, 1.807) is 7.11 Å². The van der Waals surface area contributed by atoms with E-state index < -0.39 is 0 Å². The Balaban J connectivity index is 1.85. The molecule has 2 rings (SSSR count). The van der Waals surface area contributed by atoms with E-state index in [-0.39, 0.29) is 0 Å². The van der Waals surface area contributed by atoms with Crippen molar-refractivity contribution in [2.45, 2.75) is 42.4 Å². The summed E-state index contributed by atoms with van der Waals surface area (Å²) in [6.45, 7) is 2.45. The van der Waals surface area contributed by atoms with Gasteiger partial charge in [-0.15, -0.1) is 11.8 Å². The van der Waals surface area contributed by atoms with Gasteiger partial charge in [0, 0.05) is 30.3 Å². The van der Waals surface area contributed by atoms with Gasteiger partial charge in [-0.2, -0.15) is 0 Å². The summed E-state index contributed by atoms with van der Waals surface area (Å²) in [6, 6.07) is 6.42. The number of ether oxygens (including phenoxy) is 1. The van der Waals surface area contributed by atoms with Crippen LogP contribution >= 0.6 is 23.4 Å². The number of halogens is 1. The molecule has 0 bridgehead atoms. The molecule has 1 saturated carbocycles. The van der Waals surface area contributed by atoms with Crippen LogP contribution in [0, 0.1) is 0 Å². The molecule has 0 heterocycles. The zero-order chi connectivity index (χ0) is 13.5. The Kier molecular flexibility index (Phi) is 6.51. The molecule has 1 N–H and O–H groups in total. The maximum absolute atomic E-state index is 6.37. The van der Waals surface area contributed by atoms with E-state index in [0.717, 1.165) is 30.0 Å². The maximum Gasteiger partial charge on any atom is 0.0587 e. The minimum atomic E-state index is 0.739. The Morgan fingerprint density at radius 3 is 2.84 bits per heavy atom. The van der Waals surface area contributed by atoms with Gasteiger partial charge in [0.05, 0.1) is 11.6 Å². The molecule has 1 aliphatic carbocycles. The first kappa shape index (κ1) is 15.2. The van der Waals surface area contributed by atoms with Gasteiger partial charge >= 0.3 is 0 Å². The Morgan fingerprint density at radius 2 is 2.16 bits per heavy atom. The van der Waals surface area contributed by atoms with Gasteiger partial charge in [0.25, 0.3) is 0 Å². The minimum absolute atomic E-state index is 0.739. The molecule has 0 radical (unpaired) electrons. The molecule has 106 valence electrons. The highest BCUT2D eigenvalue weighted by atomic mass is 35.5. The normalized spacial score (nSPS) is 16.1. The van der Waals surface area contributed by atoms with Gasteiger partial charge in [-0.1, -0.05) is 30.5 Å². The van der Waals surface area contributed by atoms with Crippen LogP contribution in [0.25, 0.3) is 0 Å². The van der Waals surface area contributed by atoms with Crippen molar-refractivity contribution in [2.75, 3.05) is 20.3 Å². The fourth-order valence-corrected chi connectivity index (χ4v) is 3.93. The van der Waals surface area contributed by atoms with Crippen molar-refractivity contribution in [2.24, 2.45) is 0 Å². The third-order valence-corrected chi connectivity index (χ3v) is 5.24. The Hall–Kier alpha value is -0.220. The van der Waals surface area contributed by atoms with Crippen molar-refractivity contribution in [3.8, 4) is 0 Å². The van der Waals surface area contributed by atoms with Gasteiger partial charge < -0.3 is 10.1 Å². The van der Waals surface area contributed by atoms with Crippen molar-refractivity contribution in [1.82, 2.24) is 5.32 Å². The molecule has 1 aromatic carbocycles. The van der Waals surface area contributed by atoms with Gasteiger partial charge in [0.2, 0.25) is 0 Å². The summed E-state index contributed by atoms with van der Waals surface area (Å²) in [7, 11) is 1.72. The van der Waals surface area contributed by atoms with Crippen LogP contribution in [0.2, 0.25) is 5.02 Å². The monoisotopic (exact) mass is 299 g/mol. The predicted molar refractivity (Wildman–Crippen MR) is 83.1 cm³/mol. The molecule has 19 heavy (non-hydrogen) atoms. The SMILES string of the molecule is COCCNCc1ccc(SC2CCCC2)c(Cl)c1. The smallest absolute Gasteiger partial charge is 0.0587 e. The number of methoxy groups -OCH3 is 1. The molecule has 1 aliphatic rings. The first-order valence-corrected chi connectivity index (χ1v) is 8.20. The van der Waals surface area contributed by atoms with Crippen LogP contribution in [-0.4, -0.2) is 25.5 Å². The van der Waals surface area contributed by atoms with E-state index in [0.29, 0.717) is 0 Å². The second kappa shape index (κ2) is 8.15. The summed E-state index contributed by atoms with van der Waals surface area (Å²) < 4.78 is 5.01. The van der Waals surface area contributed by atoms with E-state index in [4.69, 9.17) is 16.3 Å². The Morgan fingerprint density at radius 1 is 1.37 bits per heavy atom. The molecule has 1 fully saturated rings. The van der Waals surface area contributed by atoms with E-state index in [2.05, 4.69) is 23.5 Å². The number of benzene rings is 1. The molecule has 0 unspecified atom stereocenters. The van der Waals surface area contributed by atoms with Crippen LogP contribution in [0.1, 0.15) is 31.2 Å². The standard InChI is InChI=1S/C15H22ClNOS/c1-18-9-8-17-11-12-6-7-15(14(16)10-12)19-13-4-2-3-5-13/h6-7,10,13,17H,2-5,8-9,11H2,1H3. The molecule has 0 saturated heterocycles. The van der Waals surface area contributed by atoms with Gasteiger partial charge in [-0.05, 0) is 30.5 Å². The van der Waals surface area contributed by atoms with Crippen molar-refractivity contribution in [3.63, 3.8) is 0 Å². The molecular formula is C15H22ClNOS. The van der Waals surface area contributed by atoms with Crippen LogP contribution in [-0.2, 0) is 11.3 Å². The lowest BCUT2D eigenvalue weighted by atomic mass is 10.2. The van der Waals surface area contributed by atoms with E-state index in [9.17, 15) is 0 Å². The lowest BCUT2D eigenvalue weighted by Gasteiger charge is -2.11. The summed E-state index contributed by atoms with van der Waals surface area (Å²) in [5, 5.41) is 4.99. The minimum Gasteiger partial charge on any atom is -0.383 e. The topological polar surface area (TPSA) is 21.3 Å². The van der Waals surface area contributed by atoms with Crippen LogP contribution in [0.4, 0.5) is 0 Å². The first-order valence-electron chi connectivity index (χ1n) is 6.94. The van der Waals surface area contributed by atoms with Crippen LogP contribution in [0.15, 0.2) is 23.1 Å². The maximum atomic E-state index is 6.37. The number of hydrogen-bond acceptors (Lipinski definition) is 3. The lowest BCUT2D eigenvalue weighted by molar-refractivity contribution is 0.199. The zero-order valence-corrected chi connectivity index (χ0v) is 13.0. The number of nitrogens with one attached hydrogen (secondary N) is 1. The average molecular weight is 300 g/mol. The summed E-state index contributed by atoms with van der Waals surface area (Å²) in [5.74, 6) is 0. The molecule has 2 nitrogen and oxygen atoms in total. The highest BCUT2D eigenvalue weighted by Gasteiger charge is 2.17.